The average molecular weight is 256 g/mol. The first-order valence-corrected chi connectivity index (χ1v) is 5.69. The zero-order valence-corrected chi connectivity index (χ0v) is 10.6. The number of rotatable bonds is 2. The number of nitrogens with zero attached hydrogens (tertiary/aromatic N) is 3. The van der Waals surface area contributed by atoms with Crippen LogP contribution in [0.3, 0.4) is 0 Å². The molecule has 2 rings (SSSR count). The van der Waals surface area contributed by atoms with Crippen molar-refractivity contribution in [1.82, 2.24) is 14.8 Å². The molecule has 0 radical (unpaired) electrons. The van der Waals surface area contributed by atoms with Crippen molar-refractivity contribution < 1.29 is 0 Å². The minimum Gasteiger partial charge on any atom is -0.268 e. The molecule has 0 saturated heterocycles. The summed E-state index contributed by atoms with van der Waals surface area (Å²) in [4.78, 5) is 27.6. The quantitative estimate of drug-likeness (QED) is 0.845. The molecule has 6 heteroatoms. The van der Waals surface area contributed by atoms with Crippen LogP contribution in [0.15, 0.2) is 27.9 Å². The number of nitrogens with one attached hydrogen (secondary N) is 1. The summed E-state index contributed by atoms with van der Waals surface area (Å²) in [6.07, 6.45) is 1.51. The molecule has 96 valence electrons. The van der Waals surface area contributed by atoms with Gasteiger partial charge in [0.05, 0.1) is 6.54 Å². The molecular formula is C13H12N4O2. The van der Waals surface area contributed by atoms with E-state index in [2.05, 4.69) is 10.1 Å². The predicted molar refractivity (Wildman–Crippen MR) is 68.9 cm³/mol. The van der Waals surface area contributed by atoms with Crippen LogP contribution in [0.5, 0.6) is 0 Å². The molecule has 0 aliphatic heterocycles. The molecule has 0 fully saturated rings. The number of pyridine rings is 1. The maximum atomic E-state index is 12.0. The molecule has 1 N–H and O–H groups in total. The smallest absolute Gasteiger partial charge is 0.268 e. The standard InChI is InChI=1S/C13H12N4O2/c1-8-9(2)13(19)17(16-12(8)18)7-10-4-3-5-15-11(10)6-14/h3-5H,7H2,1-2H3,(H,16,18). The lowest BCUT2D eigenvalue weighted by atomic mass is 10.2. The average Bonchev–Trinajstić information content (AvgIpc) is 2.43. The first-order valence-electron chi connectivity index (χ1n) is 5.69. The van der Waals surface area contributed by atoms with Gasteiger partial charge in [-0.25, -0.2) is 9.67 Å². The number of nitriles is 1. The van der Waals surface area contributed by atoms with Gasteiger partial charge >= 0.3 is 0 Å². The van der Waals surface area contributed by atoms with Gasteiger partial charge in [0.15, 0.2) is 0 Å². The monoisotopic (exact) mass is 256 g/mol. The SMILES string of the molecule is Cc1c(C)c(=O)n(Cc2cccnc2C#N)[nH]c1=O. The van der Waals surface area contributed by atoms with Gasteiger partial charge in [0.2, 0.25) is 0 Å². The van der Waals surface area contributed by atoms with Gasteiger partial charge in [0, 0.05) is 22.9 Å². The van der Waals surface area contributed by atoms with Gasteiger partial charge in [-0.05, 0) is 19.9 Å². The summed E-state index contributed by atoms with van der Waals surface area (Å²) >= 11 is 0. The molecule has 0 amide bonds. The largest absolute Gasteiger partial charge is 0.268 e. The molecule has 6 nitrogen and oxygen atoms in total. The molecule has 0 saturated carbocycles. The molecule has 0 atom stereocenters. The summed E-state index contributed by atoms with van der Waals surface area (Å²) in [7, 11) is 0. The Bertz CT molecular complexity index is 780. The van der Waals surface area contributed by atoms with Crippen molar-refractivity contribution in [2.75, 3.05) is 0 Å². The summed E-state index contributed by atoms with van der Waals surface area (Å²) in [5.41, 5.74) is 1.07. The summed E-state index contributed by atoms with van der Waals surface area (Å²) in [6.45, 7) is 3.33. The van der Waals surface area contributed by atoms with E-state index in [1.165, 1.54) is 10.9 Å². The van der Waals surface area contributed by atoms with E-state index < -0.39 is 0 Å². The second kappa shape index (κ2) is 4.90. The fourth-order valence-electron chi connectivity index (χ4n) is 1.74. The number of aromatic nitrogens is 3. The number of H-pyrrole nitrogens is 1. The van der Waals surface area contributed by atoms with Crippen LogP contribution in [0.1, 0.15) is 22.4 Å². The van der Waals surface area contributed by atoms with Gasteiger partial charge < -0.3 is 0 Å². The van der Waals surface area contributed by atoms with Gasteiger partial charge in [-0.1, -0.05) is 6.07 Å². The van der Waals surface area contributed by atoms with Crippen molar-refractivity contribution in [2.45, 2.75) is 20.4 Å². The Morgan fingerprint density at radius 2 is 2.11 bits per heavy atom. The van der Waals surface area contributed by atoms with E-state index in [0.29, 0.717) is 16.7 Å². The van der Waals surface area contributed by atoms with Gasteiger partial charge in [-0.3, -0.25) is 14.7 Å². The minimum atomic E-state index is -0.306. The highest BCUT2D eigenvalue weighted by molar-refractivity contribution is 5.30. The van der Waals surface area contributed by atoms with Crippen molar-refractivity contribution in [1.29, 1.82) is 5.26 Å². The topological polar surface area (TPSA) is 91.5 Å². The molecule has 0 aliphatic carbocycles. The van der Waals surface area contributed by atoms with Gasteiger partial charge in [0.1, 0.15) is 11.8 Å². The van der Waals surface area contributed by atoms with E-state index in [9.17, 15) is 9.59 Å². The van der Waals surface area contributed by atoms with Crippen molar-refractivity contribution in [3.05, 3.63) is 61.4 Å². The highest BCUT2D eigenvalue weighted by Gasteiger charge is 2.09. The highest BCUT2D eigenvalue weighted by Crippen LogP contribution is 2.04. The van der Waals surface area contributed by atoms with Gasteiger partial charge in [-0.2, -0.15) is 5.26 Å². The third-order valence-electron chi connectivity index (χ3n) is 3.03. The summed E-state index contributed by atoms with van der Waals surface area (Å²) in [5, 5.41) is 11.4. The second-order valence-electron chi connectivity index (χ2n) is 4.21. The molecule has 2 aromatic rings. The van der Waals surface area contributed by atoms with Crippen LogP contribution in [0.2, 0.25) is 0 Å². The molecule has 19 heavy (non-hydrogen) atoms. The highest BCUT2D eigenvalue weighted by atomic mass is 16.2. The molecule has 0 aromatic carbocycles. The predicted octanol–water partition coefficient (Wildman–Crippen LogP) is 0.468. The van der Waals surface area contributed by atoms with E-state index in [0.717, 1.165) is 0 Å². The lowest BCUT2D eigenvalue weighted by molar-refractivity contribution is 0.616. The first kappa shape index (κ1) is 12.8. The zero-order valence-electron chi connectivity index (χ0n) is 10.6. The summed E-state index contributed by atoms with van der Waals surface area (Å²) in [6, 6.07) is 5.34. The molecule has 0 bridgehead atoms. The van der Waals surface area contributed by atoms with Crippen LogP contribution in [0.4, 0.5) is 0 Å². The van der Waals surface area contributed by atoms with Crippen LogP contribution in [-0.4, -0.2) is 14.8 Å². The Morgan fingerprint density at radius 3 is 2.79 bits per heavy atom. The van der Waals surface area contributed by atoms with E-state index >= 15 is 0 Å². The maximum Gasteiger partial charge on any atom is 0.268 e. The van der Waals surface area contributed by atoms with E-state index in [-0.39, 0.29) is 23.4 Å². The third-order valence-corrected chi connectivity index (χ3v) is 3.03. The zero-order chi connectivity index (χ0) is 14.0. The van der Waals surface area contributed by atoms with Gasteiger partial charge in [-0.15, -0.1) is 0 Å². The molecule has 0 unspecified atom stereocenters. The van der Waals surface area contributed by atoms with Crippen molar-refractivity contribution >= 4 is 0 Å². The summed E-state index contributed by atoms with van der Waals surface area (Å²) < 4.78 is 1.20. The van der Waals surface area contributed by atoms with Crippen LogP contribution in [-0.2, 0) is 6.54 Å². The Labute approximate surface area is 109 Å². The Balaban J connectivity index is 2.54. The maximum absolute atomic E-state index is 12.0. The van der Waals surface area contributed by atoms with Crippen LogP contribution in [0, 0.1) is 25.2 Å². The molecule has 2 aromatic heterocycles. The fourth-order valence-corrected chi connectivity index (χ4v) is 1.74. The lowest BCUT2D eigenvalue weighted by Gasteiger charge is -2.08. The van der Waals surface area contributed by atoms with E-state index in [1.807, 2.05) is 6.07 Å². The second-order valence-corrected chi connectivity index (χ2v) is 4.21. The van der Waals surface area contributed by atoms with Crippen LogP contribution >= 0.6 is 0 Å². The number of aromatic amines is 1. The molecule has 2 heterocycles. The van der Waals surface area contributed by atoms with E-state index in [4.69, 9.17) is 5.26 Å². The molecule has 0 spiro atoms. The van der Waals surface area contributed by atoms with Crippen molar-refractivity contribution in [3.63, 3.8) is 0 Å². The first-order chi connectivity index (χ1) is 9.04. The normalized spacial score (nSPS) is 10.2. The van der Waals surface area contributed by atoms with Crippen molar-refractivity contribution in [3.8, 4) is 6.07 Å². The minimum absolute atomic E-state index is 0.117. The number of hydrogen-bond donors (Lipinski definition) is 1. The molecular weight excluding hydrogens is 244 g/mol. The fraction of sp³-hybridized carbons (Fsp3) is 0.231. The van der Waals surface area contributed by atoms with Crippen LogP contribution in [0.25, 0.3) is 0 Å². The summed E-state index contributed by atoms with van der Waals surface area (Å²) in [5.74, 6) is 0. The van der Waals surface area contributed by atoms with Gasteiger partial charge in [0.25, 0.3) is 11.1 Å². The Kier molecular flexibility index (Phi) is 3.29. The van der Waals surface area contributed by atoms with Crippen LogP contribution < -0.4 is 11.1 Å². The Morgan fingerprint density at radius 1 is 1.37 bits per heavy atom. The van der Waals surface area contributed by atoms with Crippen molar-refractivity contribution in [2.24, 2.45) is 0 Å². The lowest BCUT2D eigenvalue weighted by Crippen LogP contribution is -2.33. The van der Waals surface area contributed by atoms with E-state index in [1.54, 1.807) is 26.0 Å². The molecule has 0 aliphatic rings. The Hall–Kier alpha value is -2.68. The number of hydrogen-bond acceptors (Lipinski definition) is 4. The third kappa shape index (κ3) is 2.31.